The fraction of sp³-hybridized carbons (Fsp3) is 0.444. The minimum atomic E-state index is -0.990. The molecule has 9 heteroatoms. The molecule has 0 aliphatic carbocycles. The third-order valence-electron chi connectivity index (χ3n) is 6.19. The lowest BCUT2D eigenvalue weighted by atomic mass is 9.88. The van der Waals surface area contributed by atoms with Gasteiger partial charge in [0.2, 0.25) is 5.95 Å². The molecule has 0 fully saturated rings. The minimum absolute atomic E-state index is 0.157. The van der Waals surface area contributed by atoms with Crippen LogP contribution in [0.1, 0.15) is 62.7 Å². The summed E-state index contributed by atoms with van der Waals surface area (Å²) in [6.45, 7) is 15.1. The summed E-state index contributed by atoms with van der Waals surface area (Å²) in [4.78, 5) is 23.3. The number of thiophene rings is 1. The Morgan fingerprint density at radius 1 is 1.19 bits per heavy atom. The Morgan fingerprint density at radius 3 is 2.58 bits per heavy atom. The van der Waals surface area contributed by atoms with E-state index in [0.29, 0.717) is 35.1 Å². The quantitative estimate of drug-likeness (QED) is 0.285. The number of hydrogen-bond acceptors (Lipinski definition) is 7. The number of carbonyl (C=O) groups is 1. The second-order valence-electron chi connectivity index (χ2n) is 11.0. The van der Waals surface area contributed by atoms with Crippen LogP contribution in [-0.4, -0.2) is 37.2 Å². The minimum Gasteiger partial charge on any atom is -0.440 e. The van der Waals surface area contributed by atoms with Gasteiger partial charge in [0.25, 0.3) is 5.91 Å². The van der Waals surface area contributed by atoms with Gasteiger partial charge in [0.15, 0.2) is 11.7 Å². The number of nitrogens with zero attached hydrogens (tertiary/aromatic N) is 3. The summed E-state index contributed by atoms with van der Waals surface area (Å²) in [6, 6.07) is 10.0. The second-order valence-corrected chi connectivity index (χ2v) is 12.1. The Kier molecular flexibility index (Phi) is 7.10. The van der Waals surface area contributed by atoms with E-state index in [1.54, 1.807) is 33.0 Å². The number of oxazole rings is 1. The van der Waals surface area contributed by atoms with Crippen LogP contribution in [-0.2, 0) is 13.1 Å². The van der Waals surface area contributed by atoms with E-state index in [4.69, 9.17) is 9.40 Å². The van der Waals surface area contributed by atoms with Crippen molar-refractivity contribution >= 4 is 34.2 Å². The molecule has 3 N–H and O–H groups in total. The van der Waals surface area contributed by atoms with Gasteiger partial charge in [-0.3, -0.25) is 10.1 Å². The lowest BCUT2D eigenvalue weighted by Gasteiger charge is -2.28. The molecule has 0 bridgehead atoms. The van der Waals surface area contributed by atoms with Crippen LogP contribution < -0.4 is 10.6 Å². The summed E-state index contributed by atoms with van der Waals surface area (Å²) >= 11 is 1.33. The molecule has 192 valence electrons. The molecule has 1 unspecified atom stereocenters. The number of aryl methyl sites for hydroxylation is 1. The van der Waals surface area contributed by atoms with Crippen molar-refractivity contribution < 1.29 is 14.3 Å². The molecule has 0 aliphatic heterocycles. The molecule has 0 radical (unpaired) electrons. The van der Waals surface area contributed by atoms with Gasteiger partial charge in [-0.25, -0.2) is 9.97 Å². The maximum Gasteiger partial charge on any atom is 0.268 e. The highest BCUT2D eigenvalue weighted by Crippen LogP contribution is 2.30. The van der Waals surface area contributed by atoms with Gasteiger partial charge in [-0.2, -0.15) is 0 Å². The first-order valence-corrected chi connectivity index (χ1v) is 12.9. The molecule has 0 saturated heterocycles. The lowest BCUT2D eigenvalue weighted by molar-refractivity contribution is 0.0630. The summed E-state index contributed by atoms with van der Waals surface area (Å²) in [5, 5.41) is 17.1. The Balaban J connectivity index is 1.60. The standard InChI is InChI=1S/C27H35N5O3S/c1-16(26(3,4)5)28-13-18-8-9-20-19(12-18)30-25(32(20)15-27(6,7)34)31-24(33)23-11-10-22(36-23)21-14-29-17(2)35-21/h8-12,14,16,28,34H,13,15H2,1-7H3,(H,30,31,33). The molecule has 1 atom stereocenters. The zero-order chi connectivity index (χ0) is 26.3. The highest BCUT2D eigenvalue weighted by molar-refractivity contribution is 7.17. The number of rotatable bonds is 8. The fourth-order valence-corrected chi connectivity index (χ4v) is 4.58. The number of anilines is 1. The smallest absolute Gasteiger partial charge is 0.268 e. The maximum atomic E-state index is 13.1. The molecule has 4 aromatic rings. The van der Waals surface area contributed by atoms with E-state index in [0.717, 1.165) is 21.5 Å². The monoisotopic (exact) mass is 509 g/mol. The highest BCUT2D eigenvalue weighted by atomic mass is 32.1. The number of hydrogen-bond donors (Lipinski definition) is 3. The van der Waals surface area contributed by atoms with Crippen LogP contribution in [0.15, 0.2) is 40.9 Å². The molecular weight excluding hydrogens is 474 g/mol. The SMILES string of the molecule is Cc1ncc(-c2ccc(C(=O)Nc3nc4cc(CNC(C)C(C)(C)C)ccc4n3CC(C)(C)O)s2)o1. The molecule has 1 amide bonds. The molecule has 8 nitrogen and oxygen atoms in total. The van der Waals surface area contributed by atoms with Crippen molar-refractivity contribution in [3.05, 3.63) is 52.9 Å². The zero-order valence-corrected chi connectivity index (χ0v) is 22.8. The Morgan fingerprint density at radius 2 is 1.94 bits per heavy atom. The van der Waals surface area contributed by atoms with E-state index in [1.807, 2.05) is 22.8 Å². The number of fused-ring (bicyclic) bond motifs is 1. The number of nitrogens with one attached hydrogen (secondary N) is 2. The van der Waals surface area contributed by atoms with Gasteiger partial charge in [-0.05, 0) is 56.0 Å². The molecule has 0 saturated carbocycles. The normalized spacial score (nSPS) is 13.3. The molecule has 3 heterocycles. The fourth-order valence-electron chi connectivity index (χ4n) is 3.74. The van der Waals surface area contributed by atoms with Crippen molar-refractivity contribution in [2.45, 2.75) is 73.2 Å². The average molecular weight is 510 g/mol. The van der Waals surface area contributed by atoms with Crippen LogP contribution in [0, 0.1) is 12.3 Å². The van der Waals surface area contributed by atoms with E-state index < -0.39 is 5.60 Å². The van der Waals surface area contributed by atoms with Crippen molar-refractivity contribution in [3.8, 4) is 10.6 Å². The first-order chi connectivity index (χ1) is 16.8. The largest absolute Gasteiger partial charge is 0.440 e. The van der Waals surface area contributed by atoms with Gasteiger partial charge in [0, 0.05) is 19.5 Å². The van der Waals surface area contributed by atoms with E-state index in [-0.39, 0.29) is 17.9 Å². The van der Waals surface area contributed by atoms with Gasteiger partial charge in [-0.15, -0.1) is 11.3 Å². The van der Waals surface area contributed by atoms with Crippen molar-refractivity contribution in [2.24, 2.45) is 5.41 Å². The van der Waals surface area contributed by atoms with Gasteiger partial charge < -0.3 is 19.4 Å². The summed E-state index contributed by atoms with van der Waals surface area (Å²) in [5.74, 6) is 1.34. The van der Waals surface area contributed by atoms with E-state index in [1.165, 1.54) is 11.3 Å². The molecule has 3 aromatic heterocycles. The topological polar surface area (TPSA) is 105 Å². The average Bonchev–Trinajstić information content (AvgIpc) is 3.49. The predicted molar refractivity (Wildman–Crippen MR) is 144 cm³/mol. The number of amides is 1. The van der Waals surface area contributed by atoms with E-state index >= 15 is 0 Å². The summed E-state index contributed by atoms with van der Waals surface area (Å²) < 4.78 is 7.43. The number of aromatic nitrogens is 3. The van der Waals surface area contributed by atoms with Gasteiger partial charge in [-0.1, -0.05) is 26.8 Å². The van der Waals surface area contributed by atoms with Crippen molar-refractivity contribution in [3.63, 3.8) is 0 Å². The zero-order valence-electron chi connectivity index (χ0n) is 22.0. The number of benzene rings is 1. The van der Waals surface area contributed by atoms with Crippen molar-refractivity contribution in [2.75, 3.05) is 5.32 Å². The summed E-state index contributed by atoms with van der Waals surface area (Å²) in [7, 11) is 0. The van der Waals surface area contributed by atoms with Crippen LogP contribution in [0.2, 0.25) is 0 Å². The predicted octanol–water partition coefficient (Wildman–Crippen LogP) is 5.61. The number of imidazole rings is 1. The molecule has 1 aromatic carbocycles. The van der Waals surface area contributed by atoms with Crippen molar-refractivity contribution in [1.29, 1.82) is 0 Å². The Bertz CT molecular complexity index is 1370. The van der Waals surface area contributed by atoms with Gasteiger partial charge in [0.1, 0.15) is 0 Å². The second kappa shape index (κ2) is 9.80. The molecule has 4 rings (SSSR count). The molecular formula is C27H35N5O3S. The Hall–Kier alpha value is -3.01. The van der Waals surface area contributed by atoms with Gasteiger partial charge in [0.05, 0.1) is 39.1 Å². The van der Waals surface area contributed by atoms with E-state index in [9.17, 15) is 9.90 Å². The molecule has 0 spiro atoms. The van der Waals surface area contributed by atoms with Crippen LogP contribution in [0.25, 0.3) is 21.7 Å². The summed E-state index contributed by atoms with van der Waals surface area (Å²) in [6.07, 6.45) is 1.65. The number of carbonyl (C=O) groups excluding carboxylic acids is 1. The molecule has 0 aliphatic rings. The molecule has 36 heavy (non-hydrogen) atoms. The first kappa shape index (κ1) is 26.1. The summed E-state index contributed by atoms with van der Waals surface area (Å²) in [5.41, 5.74) is 1.89. The van der Waals surface area contributed by atoms with Crippen LogP contribution in [0.5, 0.6) is 0 Å². The van der Waals surface area contributed by atoms with Gasteiger partial charge >= 0.3 is 0 Å². The third kappa shape index (κ3) is 6.03. The number of aliphatic hydroxyl groups is 1. The van der Waals surface area contributed by atoms with E-state index in [2.05, 4.69) is 49.4 Å². The van der Waals surface area contributed by atoms with Crippen LogP contribution >= 0.6 is 11.3 Å². The third-order valence-corrected chi connectivity index (χ3v) is 7.29. The van der Waals surface area contributed by atoms with Crippen molar-refractivity contribution in [1.82, 2.24) is 19.9 Å². The van der Waals surface area contributed by atoms with Crippen LogP contribution in [0.3, 0.4) is 0 Å². The first-order valence-electron chi connectivity index (χ1n) is 12.1. The Labute approximate surface area is 215 Å². The maximum absolute atomic E-state index is 13.1. The van der Waals surface area contributed by atoms with Crippen LogP contribution in [0.4, 0.5) is 5.95 Å². The lowest BCUT2D eigenvalue weighted by Crippen LogP contribution is -2.37. The highest BCUT2D eigenvalue weighted by Gasteiger charge is 2.23.